The summed E-state index contributed by atoms with van der Waals surface area (Å²) in [6.45, 7) is 10.0. The van der Waals surface area contributed by atoms with Crippen LogP contribution in [0, 0.1) is 6.92 Å². The Morgan fingerprint density at radius 2 is 2.28 bits per heavy atom. The maximum absolute atomic E-state index is 4.32. The molecule has 0 amide bonds. The van der Waals surface area contributed by atoms with Crippen LogP contribution in [-0.2, 0) is 13.6 Å². The maximum atomic E-state index is 4.32. The van der Waals surface area contributed by atoms with Crippen LogP contribution in [0.3, 0.4) is 0 Å². The second-order valence-corrected chi connectivity index (χ2v) is 5.77. The van der Waals surface area contributed by atoms with E-state index in [0.717, 1.165) is 13.1 Å². The lowest BCUT2D eigenvalue weighted by Crippen LogP contribution is -2.47. The first-order chi connectivity index (χ1) is 8.56. The quantitative estimate of drug-likeness (QED) is 0.883. The van der Waals surface area contributed by atoms with Crippen LogP contribution in [0.4, 0.5) is 0 Å². The van der Waals surface area contributed by atoms with Crippen molar-refractivity contribution in [1.82, 2.24) is 20.0 Å². The summed E-state index contributed by atoms with van der Waals surface area (Å²) in [5, 5.41) is 7.98. The largest absolute Gasteiger partial charge is 0.311 e. The number of nitrogens with one attached hydrogen (secondary N) is 1. The highest BCUT2D eigenvalue weighted by Gasteiger charge is 2.21. The molecule has 2 rings (SSSR count). The smallest absolute Gasteiger partial charge is 0.0537 e. The molecule has 0 bridgehead atoms. The number of aromatic nitrogens is 2. The van der Waals surface area contributed by atoms with Crippen LogP contribution in [-0.4, -0.2) is 39.9 Å². The fraction of sp³-hybridized carbons (Fsp3) is 0.786. The van der Waals surface area contributed by atoms with Gasteiger partial charge in [-0.25, -0.2) is 0 Å². The summed E-state index contributed by atoms with van der Waals surface area (Å²) in [7, 11) is 2.01. The Bertz CT molecular complexity index is 383. The zero-order chi connectivity index (χ0) is 13.1. The number of nitrogens with zero attached hydrogens (tertiary/aromatic N) is 3. The van der Waals surface area contributed by atoms with Gasteiger partial charge in [-0.2, -0.15) is 5.10 Å². The predicted molar refractivity (Wildman–Crippen MR) is 74.5 cm³/mol. The van der Waals surface area contributed by atoms with Crippen molar-refractivity contribution in [2.45, 2.75) is 52.2 Å². The summed E-state index contributed by atoms with van der Waals surface area (Å²) >= 11 is 0. The van der Waals surface area contributed by atoms with E-state index in [2.05, 4.69) is 36.1 Å². The fourth-order valence-corrected chi connectivity index (χ4v) is 2.75. The van der Waals surface area contributed by atoms with Crippen molar-refractivity contribution in [3.63, 3.8) is 0 Å². The third-order valence-corrected chi connectivity index (χ3v) is 3.81. The normalized spacial score (nSPS) is 21.7. The Hall–Kier alpha value is -0.870. The van der Waals surface area contributed by atoms with E-state index in [-0.39, 0.29) is 0 Å². The lowest BCUT2D eigenvalue weighted by molar-refractivity contribution is 0.178. The highest BCUT2D eigenvalue weighted by atomic mass is 15.3. The maximum Gasteiger partial charge on any atom is 0.0537 e. The van der Waals surface area contributed by atoms with Gasteiger partial charge < -0.3 is 5.32 Å². The predicted octanol–water partition coefficient (Wildman–Crippen LogP) is 1.69. The minimum Gasteiger partial charge on any atom is -0.311 e. The van der Waals surface area contributed by atoms with Gasteiger partial charge in [0.25, 0.3) is 0 Å². The first-order valence-electron chi connectivity index (χ1n) is 7.02. The van der Waals surface area contributed by atoms with Gasteiger partial charge in [-0.1, -0.05) is 13.8 Å². The van der Waals surface area contributed by atoms with Crippen LogP contribution in [0.25, 0.3) is 0 Å². The van der Waals surface area contributed by atoms with Gasteiger partial charge in [0.2, 0.25) is 0 Å². The molecule has 1 N–H and O–H groups in total. The second kappa shape index (κ2) is 5.85. The van der Waals surface area contributed by atoms with E-state index in [1.807, 2.05) is 17.9 Å². The van der Waals surface area contributed by atoms with Gasteiger partial charge in [-0.05, 0) is 26.3 Å². The third-order valence-electron chi connectivity index (χ3n) is 3.81. The van der Waals surface area contributed by atoms with E-state index in [1.165, 1.54) is 30.6 Å². The van der Waals surface area contributed by atoms with Crippen LogP contribution < -0.4 is 5.32 Å². The van der Waals surface area contributed by atoms with Crippen molar-refractivity contribution in [3.8, 4) is 0 Å². The molecule has 1 aliphatic rings. The van der Waals surface area contributed by atoms with E-state index >= 15 is 0 Å². The van der Waals surface area contributed by atoms with Crippen LogP contribution in [0.5, 0.6) is 0 Å². The molecule has 4 heteroatoms. The average Bonchev–Trinajstić information content (AvgIpc) is 2.61. The van der Waals surface area contributed by atoms with Crippen LogP contribution in [0.1, 0.15) is 37.9 Å². The molecule has 0 saturated carbocycles. The van der Waals surface area contributed by atoms with Gasteiger partial charge >= 0.3 is 0 Å². The van der Waals surface area contributed by atoms with Crippen molar-refractivity contribution in [2.75, 3.05) is 13.1 Å². The van der Waals surface area contributed by atoms with Crippen LogP contribution in [0.2, 0.25) is 0 Å². The number of hydrogen-bond acceptors (Lipinski definition) is 3. The number of likely N-dealkylation sites (tertiary alicyclic amines) is 1. The molecule has 0 aliphatic carbocycles. The first kappa shape index (κ1) is 13.6. The van der Waals surface area contributed by atoms with E-state index in [0.29, 0.717) is 12.1 Å². The third kappa shape index (κ3) is 3.33. The standard InChI is InChI=1S/C14H26N4/c1-11(2)16-14-6-5-7-18(10-14)9-13-8-15-17(4)12(13)3/h8,11,14,16H,5-7,9-10H2,1-4H3. The second-order valence-electron chi connectivity index (χ2n) is 5.77. The topological polar surface area (TPSA) is 33.1 Å². The van der Waals surface area contributed by atoms with E-state index in [4.69, 9.17) is 0 Å². The molecule has 102 valence electrons. The minimum atomic E-state index is 0.579. The summed E-state index contributed by atoms with van der Waals surface area (Å²) in [6, 6.07) is 1.23. The fourth-order valence-electron chi connectivity index (χ4n) is 2.75. The van der Waals surface area contributed by atoms with E-state index < -0.39 is 0 Å². The van der Waals surface area contributed by atoms with Crippen LogP contribution >= 0.6 is 0 Å². The summed E-state index contributed by atoms with van der Waals surface area (Å²) in [5.41, 5.74) is 2.65. The van der Waals surface area contributed by atoms with Crippen LogP contribution in [0.15, 0.2) is 6.20 Å². The minimum absolute atomic E-state index is 0.579. The molecule has 1 fully saturated rings. The molecule has 1 aromatic heterocycles. The molecule has 1 unspecified atom stereocenters. The number of rotatable bonds is 4. The average molecular weight is 250 g/mol. The molecule has 1 aromatic rings. The van der Waals surface area contributed by atoms with Crippen molar-refractivity contribution in [2.24, 2.45) is 7.05 Å². The van der Waals surface area contributed by atoms with Crippen molar-refractivity contribution >= 4 is 0 Å². The molecule has 2 heterocycles. The van der Waals surface area contributed by atoms with Gasteiger partial charge in [-0.15, -0.1) is 0 Å². The molecule has 18 heavy (non-hydrogen) atoms. The molecule has 1 aliphatic heterocycles. The molecule has 0 aromatic carbocycles. The Kier molecular flexibility index (Phi) is 4.40. The zero-order valence-corrected chi connectivity index (χ0v) is 12.1. The molecule has 1 saturated heterocycles. The summed E-state index contributed by atoms with van der Waals surface area (Å²) in [5.74, 6) is 0. The Morgan fingerprint density at radius 1 is 1.50 bits per heavy atom. The van der Waals surface area contributed by atoms with Crippen molar-refractivity contribution in [3.05, 3.63) is 17.5 Å². The highest BCUT2D eigenvalue weighted by molar-refractivity contribution is 5.15. The molecule has 4 nitrogen and oxygen atoms in total. The van der Waals surface area contributed by atoms with Gasteiger partial charge in [0.15, 0.2) is 0 Å². The molecule has 0 spiro atoms. The first-order valence-corrected chi connectivity index (χ1v) is 7.02. The Labute approximate surface area is 110 Å². The molecular formula is C14H26N4. The van der Waals surface area contributed by atoms with Gasteiger partial charge in [0, 0.05) is 43.5 Å². The lowest BCUT2D eigenvalue weighted by Gasteiger charge is -2.34. The number of piperidine rings is 1. The van der Waals surface area contributed by atoms with Gasteiger partial charge in [0.1, 0.15) is 0 Å². The van der Waals surface area contributed by atoms with Crippen molar-refractivity contribution in [1.29, 1.82) is 0 Å². The number of aryl methyl sites for hydroxylation is 1. The summed E-state index contributed by atoms with van der Waals surface area (Å²) < 4.78 is 1.96. The molecular weight excluding hydrogens is 224 g/mol. The lowest BCUT2D eigenvalue weighted by atomic mass is 10.0. The molecule has 0 radical (unpaired) electrons. The van der Waals surface area contributed by atoms with E-state index in [9.17, 15) is 0 Å². The molecule has 1 atom stereocenters. The van der Waals surface area contributed by atoms with Gasteiger partial charge in [0.05, 0.1) is 6.20 Å². The van der Waals surface area contributed by atoms with Gasteiger partial charge in [-0.3, -0.25) is 9.58 Å². The SMILES string of the molecule is Cc1c(CN2CCCC(NC(C)C)C2)cnn1C. The monoisotopic (exact) mass is 250 g/mol. The van der Waals surface area contributed by atoms with Crippen molar-refractivity contribution < 1.29 is 0 Å². The summed E-state index contributed by atoms with van der Waals surface area (Å²) in [4.78, 5) is 2.55. The highest BCUT2D eigenvalue weighted by Crippen LogP contribution is 2.15. The zero-order valence-electron chi connectivity index (χ0n) is 12.1. The summed E-state index contributed by atoms with van der Waals surface area (Å²) in [6.07, 6.45) is 4.61. The Balaban J connectivity index is 1.91. The number of hydrogen-bond donors (Lipinski definition) is 1. The van der Waals surface area contributed by atoms with E-state index in [1.54, 1.807) is 0 Å². The Morgan fingerprint density at radius 3 is 2.89 bits per heavy atom.